The number of nitrogens with zero attached hydrogens (tertiary/aromatic N) is 4. The van der Waals surface area contributed by atoms with E-state index < -0.39 is 5.82 Å². The fourth-order valence-electron chi connectivity index (χ4n) is 2.39. The molecule has 0 aliphatic heterocycles. The molecular formula is C19H11FN5. The van der Waals surface area contributed by atoms with Gasteiger partial charge in [-0.3, -0.25) is 9.38 Å². The highest BCUT2D eigenvalue weighted by Crippen LogP contribution is 2.18. The Morgan fingerprint density at radius 2 is 2.00 bits per heavy atom. The molecule has 0 atom stereocenters. The van der Waals surface area contributed by atoms with E-state index in [4.69, 9.17) is 5.73 Å². The van der Waals surface area contributed by atoms with E-state index in [0.29, 0.717) is 28.4 Å². The highest BCUT2D eigenvalue weighted by molar-refractivity contribution is 5.60. The van der Waals surface area contributed by atoms with Crippen LogP contribution >= 0.6 is 0 Å². The molecule has 3 heterocycles. The highest BCUT2D eigenvalue weighted by atomic mass is 19.1. The molecule has 0 spiro atoms. The van der Waals surface area contributed by atoms with Crippen molar-refractivity contribution in [3.63, 3.8) is 0 Å². The number of hydrogen-bond acceptors (Lipinski definition) is 4. The number of fused-ring (bicyclic) bond motifs is 1. The molecule has 0 aliphatic rings. The molecule has 0 saturated heterocycles. The first-order chi connectivity index (χ1) is 12.2. The van der Waals surface area contributed by atoms with Crippen molar-refractivity contribution in [2.75, 3.05) is 5.73 Å². The lowest BCUT2D eigenvalue weighted by Crippen LogP contribution is -1.93. The van der Waals surface area contributed by atoms with Crippen molar-refractivity contribution in [3.05, 3.63) is 78.3 Å². The lowest BCUT2D eigenvalue weighted by Gasteiger charge is -2.02. The summed E-state index contributed by atoms with van der Waals surface area (Å²) in [6.45, 7) is 0. The minimum Gasteiger partial charge on any atom is -0.384 e. The average Bonchev–Trinajstić information content (AvgIpc) is 3.02. The summed E-state index contributed by atoms with van der Waals surface area (Å²) in [6.07, 6.45) is 6.68. The molecule has 0 unspecified atom stereocenters. The molecule has 1 radical (unpaired) electrons. The van der Waals surface area contributed by atoms with Crippen LogP contribution in [0.25, 0.3) is 16.9 Å². The van der Waals surface area contributed by atoms with Crippen LogP contribution in [0.15, 0.2) is 55.1 Å². The molecule has 25 heavy (non-hydrogen) atoms. The smallest absolute Gasteiger partial charge is 0.156 e. The number of benzene rings is 1. The van der Waals surface area contributed by atoms with Crippen molar-refractivity contribution >= 4 is 11.5 Å². The van der Waals surface area contributed by atoms with Crippen molar-refractivity contribution < 1.29 is 4.39 Å². The van der Waals surface area contributed by atoms with Gasteiger partial charge in [0.05, 0.1) is 18.1 Å². The monoisotopic (exact) mass is 328 g/mol. The molecule has 0 aliphatic carbocycles. The summed E-state index contributed by atoms with van der Waals surface area (Å²) in [6, 6.07) is 10.6. The highest BCUT2D eigenvalue weighted by Gasteiger charge is 2.06. The van der Waals surface area contributed by atoms with Crippen molar-refractivity contribution in [2.45, 2.75) is 0 Å². The van der Waals surface area contributed by atoms with E-state index in [-0.39, 0.29) is 0 Å². The van der Waals surface area contributed by atoms with Crippen LogP contribution < -0.4 is 5.73 Å². The molecule has 0 fully saturated rings. The number of halogens is 1. The molecule has 1 aromatic carbocycles. The predicted octanol–water partition coefficient (Wildman–Crippen LogP) is 2.71. The van der Waals surface area contributed by atoms with Crippen molar-refractivity contribution in [1.82, 2.24) is 19.4 Å². The van der Waals surface area contributed by atoms with E-state index in [1.54, 1.807) is 43.0 Å². The van der Waals surface area contributed by atoms with Crippen LogP contribution in [0.3, 0.4) is 0 Å². The fourth-order valence-corrected chi connectivity index (χ4v) is 2.39. The summed E-state index contributed by atoms with van der Waals surface area (Å²) >= 11 is 0. The third kappa shape index (κ3) is 3.03. The normalized spacial score (nSPS) is 10.4. The molecule has 6 heteroatoms. The van der Waals surface area contributed by atoms with Crippen molar-refractivity contribution in [1.29, 1.82) is 0 Å². The van der Waals surface area contributed by atoms with Gasteiger partial charge in [0.15, 0.2) is 5.65 Å². The van der Waals surface area contributed by atoms with Gasteiger partial charge in [-0.05, 0) is 24.1 Å². The summed E-state index contributed by atoms with van der Waals surface area (Å²) in [5, 5.41) is 0. The second kappa shape index (κ2) is 6.06. The zero-order valence-corrected chi connectivity index (χ0v) is 12.9. The molecule has 0 saturated carbocycles. The predicted molar refractivity (Wildman–Crippen MR) is 91.8 cm³/mol. The van der Waals surface area contributed by atoms with Crippen LogP contribution in [0.1, 0.15) is 11.3 Å². The summed E-state index contributed by atoms with van der Waals surface area (Å²) in [7, 11) is 0. The average molecular weight is 328 g/mol. The Morgan fingerprint density at radius 1 is 1.08 bits per heavy atom. The SMILES string of the molecule is Nc1cc(C#Cc2cnc3cnc(-c4cc[c]c(F)c4)cn23)ccn1. The quantitative estimate of drug-likeness (QED) is 0.546. The number of rotatable bonds is 1. The number of anilines is 1. The van der Waals surface area contributed by atoms with Gasteiger partial charge in [0.2, 0.25) is 0 Å². The summed E-state index contributed by atoms with van der Waals surface area (Å²) in [5.74, 6) is 6.08. The minimum absolute atomic E-state index is 0.416. The Kier molecular flexibility index (Phi) is 3.60. The van der Waals surface area contributed by atoms with Crippen LogP contribution in [0.2, 0.25) is 0 Å². The number of nitrogens with two attached hydrogens (primary N) is 1. The van der Waals surface area contributed by atoms with E-state index in [1.807, 2.05) is 4.40 Å². The van der Waals surface area contributed by atoms with Crippen LogP contribution in [-0.2, 0) is 0 Å². The van der Waals surface area contributed by atoms with Gasteiger partial charge in [-0.25, -0.2) is 14.4 Å². The second-order valence-corrected chi connectivity index (χ2v) is 5.29. The molecule has 119 valence electrons. The third-order valence-corrected chi connectivity index (χ3v) is 3.57. The number of nitrogen functional groups attached to an aromatic ring is 1. The standard InChI is InChI=1S/C19H11FN5/c20-15-3-1-2-14(9-15)17-12-25-16(10-24-19(25)11-23-17)5-4-13-6-7-22-18(21)8-13/h1-2,6-12H,(H2,21,22). The maximum Gasteiger partial charge on any atom is 0.156 e. The number of aromatic nitrogens is 4. The van der Waals surface area contributed by atoms with Crippen LogP contribution in [0.4, 0.5) is 10.2 Å². The molecular weight excluding hydrogens is 317 g/mol. The number of pyridine rings is 1. The topological polar surface area (TPSA) is 69.1 Å². The largest absolute Gasteiger partial charge is 0.384 e. The Balaban J connectivity index is 1.77. The third-order valence-electron chi connectivity index (χ3n) is 3.57. The summed E-state index contributed by atoms with van der Waals surface area (Å²) < 4.78 is 15.2. The minimum atomic E-state index is -0.430. The Hall–Kier alpha value is -3.72. The van der Waals surface area contributed by atoms with Crippen molar-refractivity contribution in [3.8, 4) is 23.1 Å². The van der Waals surface area contributed by atoms with E-state index in [2.05, 4.69) is 32.9 Å². The molecule has 0 bridgehead atoms. The van der Waals surface area contributed by atoms with E-state index in [1.165, 1.54) is 12.1 Å². The molecule has 4 rings (SSSR count). The molecule has 3 aromatic heterocycles. The zero-order chi connectivity index (χ0) is 17.2. The van der Waals surface area contributed by atoms with Gasteiger partial charge in [0.1, 0.15) is 17.3 Å². The first kappa shape index (κ1) is 14.8. The molecule has 0 amide bonds. The van der Waals surface area contributed by atoms with Gasteiger partial charge in [0.25, 0.3) is 0 Å². The maximum absolute atomic E-state index is 13.4. The Morgan fingerprint density at radius 3 is 2.84 bits per heavy atom. The van der Waals surface area contributed by atoms with Gasteiger partial charge >= 0.3 is 0 Å². The zero-order valence-electron chi connectivity index (χ0n) is 12.9. The molecule has 5 nitrogen and oxygen atoms in total. The lowest BCUT2D eigenvalue weighted by molar-refractivity contribution is 0.626. The second-order valence-electron chi connectivity index (χ2n) is 5.29. The van der Waals surface area contributed by atoms with E-state index >= 15 is 0 Å². The number of hydrogen-bond donors (Lipinski definition) is 1. The molecule has 4 aromatic rings. The fraction of sp³-hybridized carbons (Fsp3) is 0. The van der Waals surface area contributed by atoms with E-state index in [0.717, 1.165) is 5.56 Å². The van der Waals surface area contributed by atoms with Gasteiger partial charge in [-0.15, -0.1) is 0 Å². The van der Waals surface area contributed by atoms with Gasteiger partial charge in [-0.2, -0.15) is 0 Å². The first-order valence-corrected chi connectivity index (χ1v) is 7.43. The van der Waals surface area contributed by atoms with Gasteiger partial charge in [0, 0.05) is 29.6 Å². The van der Waals surface area contributed by atoms with Crippen LogP contribution in [0, 0.1) is 23.7 Å². The first-order valence-electron chi connectivity index (χ1n) is 7.43. The van der Waals surface area contributed by atoms with Crippen LogP contribution in [-0.4, -0.2) is 19.4 Å². The maximum atomic E-state index is 13.4. The lowest BCUT2D eigenvalue weighted by atomic mass is 10.1. The van der Waals surface area contributed by atoms with E-state index in [9.17, 15) is 4.39 Å². The Labute approximate surface area is 143 Å². The number of imidazole rings is 1. The van der Waals surface area contributed by atoms with Gasteiger partial charge < -0.3 is 5.73 Å². The molecule has 2 N–H and O–H groups in total. The Bertz CT molecular complexity index is 1140. The summed E-state index contributed by atoms with van der Waals surface area (Å²) in [5.41, 5.74) is 9.05. The van der Waals surface area contributed by atoms with Crippen LogP contribution in [0.5, 0.6) is 0 Å². The van der Waals surface area contributed by atoms with Gasteiger partial charge in [-0.1, -0.05) is 18.1 Å². The summed E-state index contributed by atoms with van der Waals surface area (Å²) in [4.78, 5) is 12.5. The van der Waals surface area contributed by atoms with Crippen molar-refractivity contribution in [2.24, 2.45) is 0 Å².